The number of benzene rings is 3. The molecular weight excluding hydrogens is 280 g/mol. The number of ketones is 1. The Balaban J connectivity index is 1.92. The van der Waals surface area contributed by atoms with Gasteiger partial charge in [0, 0.05) is 17.0 Å². The highest BCUT2D eigenvalue weighted by atomic mass is 16.1. The van der Waals surface area contributed by atoms with Crippen molar-refractivity contribution in [3.8, 4) is 0 Å². The molecule has 0 fully saturated rings. The summed E-state index contributed by atoms with van der Waals surface area (Å²) in [5.41, 5.74) is 2.59. The second kappa shape index (κ2) is 5.69. The summed E-state index contributed by atoms with van der Waals surface area (Å²) in [6.07, 6.45) is 8.34. The second-order valence-corrected chi connectivity index (χ2v) is 5.78. The molecule has 110 valence electrons. The molecule has 0 unspecified atom stereocenters. The van der Waals surface area contributed by atoms with E-state index in [2.05, 4.69) is 30.4 Å². The second-order valence-electron chi connectivity index (χ2n) is 5.78. The minimum absolute atomic E-state index is 0.0834. The zero-order valence-electron chi connectivity index (χ0n) is 12.6. The van der Waals surface area contributed by atoms with Gasteiger partial charge >= 0.3 is 0 Å². The lowest BCUT2D eigenvalue weighted by Gasteiger charge is -2.14. The Morgan fingerprint density at radius 2 is 1.35 bits per heavy atom. The quantitative estimate of drug-likeness (QED) is 0.601. The van der Waals surface area contributed by atoms with Crippen molar-refractivity contribution >= 4 is 16.6 Å². The fourth-order valence-corrected chi connectivity index (χ4v) is 3.11. The highest BCUT2D eigenvalue weighted by molar-refractivity contribution is 6.12. The number of allylic oxidation sites excluding steroid dienone is 4. The van der Waals surface area contributed by atoms with Crippen LogP contribution in [0.3, 0.4) is 0 Å². The number of rotatable bonds is 3. The van der Waals surface area contributed by atoms with Gasteiger partial charge in [0.2, 0.25) is 0 Å². The molecule has 0 radical (unpaired) electrons. The predicted octanol–water partition coefficient (Wildman–Crippen LogP) is 5.28. The molecule has 0 N–H and O–H groups in total. The lowest BCUT2D eigenvalue weighted by atomic mass is 9.88. The molecular formula is C22H16O. The molecule has 4 rings (SSSR count). The van der Waals surface area contributed by atoms with Crippen molar-refractivity contribution in [2.24, 2.45) is 0 Å². The maximum absolute atomic E-state index is 13.0. The first-order valence-corrected chi connectivity index (χ1v) is 7.80. The topological polar surface area (TPSA) is 17.1 Å². The molecule has 3 aromatic carbocycles. The average Bonchev–Trinajstić information content (AvgIpc) is 3.15. The molecule has 1 aliphatic carbocycles. The zero-order valence-corrected chi connectivity index (χ0v) is 12.6. The summed E-state index contributed by atoms with van der Waals surface area (Å²) in [5, 5.41) is 2.27. The smallest absolute Gasteiger partial charge is 0.193 e. The maximum Gasteiger partial charge on any atom is 0.193 e. The van der Waals surface area contributed by atoms with E-state index in [0.717, 1.165) is 22.1 Å². The lowest BCUT2D eigenvalue weighted by molar-refractivity contribution is 0.103. The minimum Gasteiger partial charge on any atom is -0.289 e. The molecule has 0 aliphatic heterocycles. The summed E-state index contributed by atoms with van der Waals surface area (Å²) in [4.78, 5) is 13.0. The lowest BCUT2D eigenvalue weighted by Crippen LogP contribution is -2.07. The molecule has 1 nitrogen and oxygen atoms in total. The van der Waals surface area contributed by atoms with Crippen molar-refractivity contribution in [3.63, 3.8) is 0 Å². The van der Waals surface area contributed by atoms with Crippen LogP contribution in [0.1, 0.15) is 27.4 Å². The summed E-state index contributed by atoms with van der Waals surface area (Å²) in [5.74, 6) is 0.252. The number of hydrogen-bond acceptors (Lipinski definition) is 1. The highest BCUT2D eigenvalue weighted by Gasteiger charge is 2.19. The molecule has 0 aromatic heterocycles. The zero-order chi connectivity index (χ0) is 15.6. The monoisotopic (exact) mass is 296 g/mol. The van der Waals surface area contributed by atoms with E-state index in [1.807, 2.05) is 60.7 Å². The van der Waals surface area contributed by atoms with E-state index in [4.69, 9.17) is 0 Å². The van der Waals surface area contributed by atoms with Gasteiger partial charge in [-0.1, -0.05) is 78.9 Å². The predicted molar refractivity (Wildman–Crippen MR) is 94.8 cm³/mol. The van der Waals surface area contributed by atoms with Crippen LogP contribution in [0, 0.1) is 0 Å². The Morgan fingerprint density at radius 3 is 2.04 bits per heavy atom. The van der Waals surface area contributed by atoms with Crippen LogP contribution < -0.4 is 0 Å². The van der Waals surface area contributed by atoms with Gasteiger partial charge < -0.3 is 0 Å². The van der Waals surface area contributed by atoms with E-state index in [0.29, 0.717) is 0 Å². The van der Waals surface area contributed by atoms with Gasteiger partial charge in [0.05, 0.1) is 0 Å². The summed E-state index contributed by atoms with van der Waals surface area (Å²) in [6, 6.07) is 21.9. The van der Waals surface area contributed by atoms with Gasteiger partial charge in [-0.15, -0.1) is 0 Å². The van der Waals surface area contributed by atoms with Crippen molar-refractivity contribution in [1.82, 2.24) is 0 Å². The first-order chi connectivity index (χ1) is 11.3. The van der Waals surface area contributed by atoms with Crippen molar-refractivity contribution in [1.29, 1.82) is 0 Å². The van der Waals surface area contributed by atoms with Crippen molar-refractivity contribution in [3.05, 3.63) is 108 Å². The fourth-order valence-electron chi connectivity index (χ4n) is 3.11. The molecule has 0 atom stereocenters. The van der Waals surface area contributed by atoms with Gasteiger partial charge in [0.1, 0.15) is 0 Å². The maximum atomic E-state index is 13.0. The summed E-state index contributed by atoms with van der Waals surface area (Å²) >= 11 is 0. The van der Waals surface area contributed by atoms with E-state index >= 15 is 0 Å². The Hall–Kier alpha value is -2.93. The Bertz CT molecular complexity index is 921. The van der Waals surface area contributed by atoms with E-state index in [1.54, 1.807) is 0 Å². The third-order valence-corrected chi connectivity index (χ3v) is 4.31. The van der Waals surface area contributed by atoms with E-state index in [-0.39, 0.29) is 11.7 Å². The number of fused-ring (bicyclic) bond motifs is 1. The van der Waals surface area contributed by atoms with Crippen LogP contribution >= 0.6 is 0 Å². The van der Waals surface area contributed by atoms with Crippen LogP contribution in [0.4, 0.5) is 0 Å². The Labute approximate surface area is 135 Å². The number of hydrogen-bond donors (Lipinski definition) is 0. The van der Waals surface area contributed by atoms with Gasteiger partial charge in [-0.25, -0.2) is 0 Å². The third kappa shape index (κ3) is 2.51. The van der Waals surface area contributed by atoms with E-state index in [9.17, 15) is 4.79 Å². The van der Waals surface area contributed by atoms with Crippen LogP contribution in [0.15, 0.2) is 91.0 Å². The van der Waals surface area contributed by atoms with E-state index < -0.39 is 0 Å². The highest BCUT2D eigenvalue weighted by Crippen LogP contribution is 2.31. The molecule has 1 heteroatoms. The van der Waals surface area contributed by atoms with Crippen LogP contribution in [0.5, 0.6) is 0 Å². The van der Waals surface area contributed by atoms with Gasteiger partial charge in [-0.2, -0.15) is 0 Å². The molecule has 23 heavy (non-hydrogen) atoms. The van der Waals surface area contributed by atoms with Gasteiger partial charge in [-0.3, -0.25) is 4.79 Å². The molecule has 0 amide bonds. The molecule has 0 heterocycles. The van der Waals surface area contributed by atoms with Gasteiger partial charge in [0.25, 0.3) is 0 Å². The van der Waals surface area contributed by atoms with Crippen molar-refractivity contribution in [2.45, 2.75) is 5.92 Å². The third-order valence-electron chi connectivity index (χ3n) is 4.31. The molecule has 0 saturated carbocycles. The number of carbonyl (C=O) groups excluding carboxylic acids is 1. The average molecular weight is 296 g/mol. The largest absolute Gasteiger partial charge is 0.289 e. The summed E-state index contributed by atoms with van der Waals surface area (Å²) < 4.78 is 0. The first kappa shape index (κ1) is 13.7. The Morgan fingerprint density at radius 1 is 0.739 bits per heavy atom. The molecule has 0 saturated heterocycles. The van der Waals surface area contributed by atoms with Crippen LogP contribution in [-0.4, -0.2) is 5.78 Å². The SMILES string of the molecule is O=C(c1ccccc1)c1cc2ccccc2cc1C1C=CC=C1. The molecule has 1 aliphatic rings. The Kier molecular flexibility index (Phi) is 3.39. The van der Waals surface area contributed by atoms with E-state index in [1.165, 1.54) is 5.39 Å². The summed E-state index contributed by atoms with van der Waals surface area (Å²) in [6.45, 7) is 0. The standard InChI is InChI=1S/C22H16O/c23-22(17-10-2-1-3-11-17)21-15-19-13-7-6-12-18(19)14-20(21)16-8-4-5-9-16/h1-16H. The molecule has 3 aromatic rings. The first-order valence-electron chi connectivity index (χ1n) is 7.80. The normalized spacial score (nSPS) is 13.7. The summed E-state index contributed by atoms with van der Waals surface area (Å²) in [7, 11) is 0. The fraction of sp³-hybridized carbons (Fsp3) is 0.0455. The molecule has 0 spiro atoms. The van der Waals surface area contributed by atoms with Gasteiger partial charge in [0.15, 0.2) is 5.78 Å². The number of carbonyl (C=O) groups is 1. The van der Waals surface area contributed by atoms with Crippen LogP contribution in [0.25, 0.3) is 10.8 Å². The van der Waals surface area contributed by atoms with Crippen molar-refractivity contribution in [2.75, 3.05) is 0 Å². The van der Waals surface area contributed by atoms with Crippen LogP contribution in [-0.2, 0) is 0 Å². The molecule has 0 bridgehead atoms. The minimum atomic E-state index is 0.0834. The van der Waals surface area contributed by atoms with Gasteiger partial charge in [-0.05, 0) is 28.5 Å². The van der Waals surface area contributed by atoms with Crippen LogP contribution in [0.2, 0.25) is 0 Å². The van der Waals surface area contributed by atoms with Crippen molar-refractivity contribution < 1.29 is 4.79 Å².